The number of nitrogens with one attached hydrogen (secondary N) is 1. The maximum Gasteiger partial charge on any atom is 0.330 e. The number of aliphatic hydroxyl groups is 1. The van der Waals surface area contributed by atoms with Gasteiger partial charge in [0.25, 0.3) is 5.91 Å². The van der Waals surface area contributed by atoms with Gasteiger partial charge in [0.2, 0.25) is 0 Å². The molecular weight excluding hydrogens is 308 g/mol. The number of amides is 3. The molecule has 7 heteroatoms. The van der Waals surface area contributed by atoms with Crippen molar-refractivity contribution in [1.82, 2.24) is 15.1 Å². The van der Waals surface area contributed by atoms with E-state index in [9.17, 15) is 9.59 Å². The smallest absolute Gasteiger partial charge is 0.330 e. The first-order chi connectivity index (χ1) is 11.5. The summed E-state index contributed by atoms with van der Waals surface area (Å²) >= 11 is 0. The normalized spacial score (nSPS) is 17.7. The Bertz CT molecular complexity index is 751. The van der Waals surface area contributed by atoms with Crippen LogP contribution >= 0.6 is 0 Å². The highest BCUT2D eigenvalue weighted by Gasteiger charge is 2.40. The van der Waals surface area contributed by atoms with Crippen LogP contribution in [0.5, 0.6) is 0 Å². The van der Waals surface area contributed by atoms with Crippen molar-refractivity contribution in [3.8, 4) is 0 Å². The predicted molar refractivity (Wildman–Crippen MR) is 88.8 cm³/mol. The van der Waals surface area contributed by atoms with Crippen molar-refractivity contribution >= 4 is 17.8 Å². The molecule has 3 amide bonds. The molecule has 0 radical (unpaired) electrons. The Kier molecular flexibility index (Phi) is 4.35. The zero-order chi connectivity index (χ0) is 17.3. The first kappa shape index (κ1) is 16.2. The lowest BCUT2D eigenvalue weighted by molar-refractivity contribution is -0.119. The van der Waals surface area contributed by atoms with E-state index in [1.54, 1.807) is 16.9 Å². The van der Waals surface area contributed by atoms with Gasteiger partial charge in [0.15, 0.2) is 0 Å². The van der Waals surface area contributed by atoms with Gasteiger partial charge in [-0.3, -0.25) is 4.79 Å². The molecule has 2 N–H and O–H groups in total. The second-order valence-corrected chi connectivity index (χ2v) is 6.10. The van der Waals surface area contributed by atoms with Crippen LogP contribution in [-0.4, -0.2) is 39.5 Å². The minimum Gasteiger partial charge on any atom is -0.394 e. The molecule has 1 aromatic carbocycles. The maximum absolute atomic E-state index is 12.2. The van der Waals surface area contributed by atoms with Crippen LogP contribution in [0.25, 0.3) is 0 Å². The van der Waals surface area contributed by atoms with Crippen molar-refractivity contribution in [2.75, 3.05) is 11.5 Å². The monoisotopic (exact) mass is 328 g/mol. The third-order valence-corrected chi connectivity index (χ3v) is 4.10. The molecule has 1 unspecified atom stereocenters. The standard InChI is InChI=1S/C17H20N4O3/c1-11(2)13-5-3-12(4-6-13)9-20-15(7-8-18-20)21-16(23)14(10-22)19-17(21)24/h3-8,11,14,22H,9-10H2,1-2H3,(H,19,24). The summed E-state index contributed by atoms with van der Waals surface area (Å²) in [5.74, 6) is 0.376. The largest absolute Gasteiger partial charge is 0.394 e. The van der Waals surface area contributed by atoms with Gasteiger partial charge in [-0.1, -0.05) is 38.1 Å². The molecule has 1 aliphatic heterocycles. The Labute approximate surface area is 139 Å². The SMILES string of the molecule is CC(C)c1ccc(Cn2nccc2N2C(=O)NC(CO)C2=O)cc1. The van der Waals surface area contributed by atoms with E-state index in [1.807, 2.05) is 12.1 Å². The molecule has 0 aliphatic carbocycles. The average molecular weight is 328 g/mol. The molecule has 0 saturated carbocycles. The Morgan fingerprint density at radius 3 is 2.50 bits per heavy atom. The topological polar surface area (TPSA) is 87.5 Å². The van der Waals surface area contributed by atoms with E-state index in [-0.39, 0.29) is 0 Å². The summed E-state index contributed by atoms with van der Waals surface area (Å²) in [6.07, 6.45) is 1.55. The van der Waals surface area contributed by atoms with Crippen LogP contribution in [0.1, 0.15) is 30.9 Å². The van der Waals surface area contributed by atoms with Crippen LogP contribution < -0.4 is 10.2 Å². The Balaban J connectivity index is 1.83. The number of urea groups is 1. The highest BCUT2D eigenvalue weighted by molar-refractivity contribution is 6.20. The van der Waals surface area contributed by atoms with Crippen molar-refractivity contribution in [2.24, 2.45) is 0 Å². The second-order valence-electron chi connectivity index (χ2n) is 6.10. The van der Waals surface area contributed by atoms with Crippen molar-refractivity contribution < 1.29 is 14.7 Å². The summed E-state index contributed by atoms with van der Waals surface area (Å²) in [6.45, 7) is 4.29. The second kappa shape index (κ2) is 6.45. The van der Waals surface area contributed by atoms with E-state index in [0.29, 0.717) is 18.3 Å². The van der Waals surface area contributed by atoms with Gasteiger partial charge in [-0.15, -0.1) is 0 Å². The predicted octanol–water partition coefficient (Wildman–Crippen LogP) is 1.47. The molecular formula is C17H20N4O3. The van der Waals surface area contributed by atoms with Crippen LogP contribution in [-0.2, 0) is 11.3 Å². The molecule has 24 heavy (non-hydrogen) atoms. The highest BCUT2D eigenvalue weighted by atomic mass is 16.3. The fourth-order valence-electron chi connectivity index (χ4n) is 2.69. The zero-order valence-corrected chi connectivity index (χ0v) is 13.6. The summed E-state index contributed by atoms with van der Waals surface area (Å²) in [5.41, 5.74) is 2.27. The van der Waals surface area contributed by atoms with Crippen LogP contribution in [0.3, 0.4) is 0 Å². The number of hydrogen-bond acceptors (Lipinski definition) is 4. The molecule has 1 saturated heterocycles. The summed E-state index contributed by atoms with van der Waals surface area (Å²) in [6, 6.07) is 8.34. The quantitative estimate of drug-likeness (QED) is 0.814. The fraction of sp³-hybridized carbons (Fsp3) is 0.353. The number of nitrogens with zero attached hydrogens (tertiary/aromatic N) is 3. The van der Waals surface area contributed by atoms with Crippen LogP contribution in [0.4, 0.5) is 10.6 Å². The van der Waals surface area contributed by atoms with E-state index in [1.165, 1.54) is 5.56 Å². The molecule has 0 spiro atoms. The van der Waals surface area contributed by atoms with E-state index < -0.39 is 24.6 Å². The summed E-state index contributed by atoms with van der Waals surface area (Å²) in [5, 5.41) is 15.8. The average Bonchev–Trinajstić information content (AvgIpc) is 3.11. The maximum atomic E-state index is 12.2. The Hall–Kier alpha value is -2.67. The van der Waals surface area contributed by atoms with Gasteiger partial charge in [-0.05, 0) is 17.0 Å². The zero-order valence-electron chi connectivity index (χ0n) is 13.6. The van der Waals surface area contributed by atoms with E-state index >= 15 is 0 Å². The number of aromatic nitrogens is 2. The first-order valence-corrected chi connectivity index (χ1v) is 7.87. The van der Waals surface area contributed by atoms with Crippen molar-refractivity contribution in [2.45, 2.75) is 32.4 Å². The third-order valence-electron chi connectivity index (χ3n) is 4.10. The van der Waals surface area contributed by atoms with Gasteiger partial charge in [0.1, 0.15) is 11.9 Å². The number of benzene rings is 1. The van der Waals surface area contributed by atoms with E-state index in [2.05, 4.69) is 36.4 Å². The molecule has 2 aromatic rings. The molecule has 1 atom stereocenters. The number of carbonyl (C=O) groups is 2. The third kappa shape index (κ3) is 2.90. The van der Waals surface area contributed by atoms with Gasteiger partial charge in [-0.25, -0.2) is 14.4 Å². The molecule has 1 fully saturated rings. The molecule has 7 nitrogen and oxygen atoms in total. The number of aliphatic hydroxyl groups excluding tert-OH is 1. The lowest BCUT2D eigenvalue weighted by atomic mass is 10.0. The van der Waals surface area contributed by atoms with Gasteiger partial charge < -0.3 is 10.4 Å². The minimum atomic E-state index is -0.897. The first-order valence-electron chi connectivity index (χ1n) is 7.87. The Morgan fingerprint density at radius 2 is 1.92 bits per heavy atom. The summed E-state index contributed by atoms with van der Waals surface area (Å²) in [4.78, 5) is 25.3. The molecule has 3 rings (SSSR count). The fourth-order valence-corrected chi connectivity index (χ4v) is 2.69. The minimum absolute atomic E-state index is 0.390. The molecule has 0 bridgehead atoms. The van der Waals surface area contributed by atoms with Gasteiger partial charge >= 0.3 is 6.03 Å². The van der Waals surface area contributed by atoms with E-state index in [4.69, 9.17) is 5.11 Å². The van der Waals surface area contributed by atoms with E-state index in [0.717, 1.165) is 10.5 Å². The lowest BCUT2D eigenvalue weighted by Gasteiger charge is -2.15. The number of hydrogen-bond donors (Lipinski definition) is 2. The summed E-state index contributed by atoms with van der Waals surface area (Å²) in [7, 11) is 0. The van der Waals surface area contributed by atoms with Gasteiger partial charge in [-0.2, -0.15) is 5.10 Å². The number of carbonyl (C=O) groups excluding carboxylic acids is 2. The molecule has 1 aliphatic rings. The highest BCUT2D eigenvalue weighted by Crippen LogP contribution is 2.21. The number of anilines is 1. The summed E-state index contributed by atoms with van der Waals surface area (Å²) < 4.78 is 1.60. The van der Waals surface area contributed by atoms with Gasteiger partial charge in [0, 0.05) is 6.07 Å². The Morgan fingerprint density at radius 1 is 1.21 bits per heavy atom. The van der Waals surface area contributed by atoms with Crippen LogP contribution in [0.2, 0.25) is 0 Å². The lowest BCUT2D eigenvalue weighted by Crippen LogP contribution is -2.34. The van der Waals surface area contributed by atoms with Crippen molar-refractivity contribution in [3.05, 3.63) is 47.7 Å². The van der Waals surface area contributed by atoms with Crippen molar-refractivity contribution in [1.29, 1.82) is 0 Å². The molecule has 126 valence electrons. The number of imide groups is 1. The van der Waals surface area contributed by atoms with Crippen molar-refractivity contribution in [3.63, 3.8) is 0 Å². The molecule has 1 aromatic heterocycles. The number of rotatable bonds is 5. The van der Waals surface area contributed by atoms with Gasteiger partial charge in [0.05, 0.1) is 19.3 Å². The van der Waals surface area contributed by atoms with Crippen LogP contribution in [0.15, 0.2) is 36.5 Å². The van der Waals surface area contributed by atoms with Crippen LogP contribution in [0, 0.1) is 0 Å². The molecule has 2 heterocycles.